The summed E-state index contributed by atoms with van der Waals surface area (Å²) in [5, 5.41) is 4.52. The van der Waals surface area contributed by atoms with Gasteiger partial charge < -0.3 is 0 Å². The van der Waals surface area contributed by atoms with Gasteiger partial charge in [-0.15, -0.1) is 0 Å². The Kier molecular flexibility index (Phi) is 5.79. The normalized spacial score (nSPS) is 16.3. The molecule has 0 radical (unpaired) electrons. The summed E-state index contributed by atoms with van der Waals surface area (Å²) in [5.74, 6) is 0. The predicted octanol–water partition coefficient (Wildman–Crippen LogP) is 2.76. The molecule has 0 bridgehead atoms. The molecule has 0 atom stereocenters. The Morgan fingerprint density at radius 3 is 2.38 bits per heavy atom. The molecule has 142 valence electrons. The summed E-state index contributed by atoms with van der Waals surface area (Å²) in [4.78, 5) is 2.51. The lowest BCUT2D eigenvalue weighted by Gasteiger charge is -2.26. The molecule has 1 aliphatic heterocycles. The van der Waals surface area contributed by atoms with Gasteiger partial charge in [-0.25, -0.2) is 8.42 Å². The quantitative estimate of drug-likeness (QED) is 0.778. The van der Waals surface area contributed by atoms with Crippen molar-refractivity contribution in [1.29, 1.82) is 0 Å². The van der Waals surface area contributed by atoms with Crippen LogP contribution in [-0.4, -0.2) is 47.5 Å². The van der Waals surface area contributed by atoms with Crippen molar-refractivity contribution in [3.05, 3.63) is 47.3 Å². The first-order chi connectivity index (χ1) is 12.4. The first-order valence-electron chi connectivity index (χ1n) is 9.16. The average molecular weight is 377 g/mol. The highest BCUT2D eigenvalue weighted by atomic mass is 32.2. The fraction of sp³-hybridized carbons (Fsp3) is 0.526. The highest BCUT2D eigenvalue weighted by Crippen LogP contribution is 2.26. The SMILES string of the molecule is Cc1nn(CN(C)Cc2ccccc2)c(C)c1S(=O)(=O)N1CCCCC1. The molecule has 0 aliphatic carbocycles. The van der Waals surface area contributed by atoms with Gasteiger partial charge in [0, 0.05) is 19.6 Å². The molecule has 7 heteroatoms. The fourth-order valence-electron chi connectivity index (χ4n) is 3.60. The van der Waals surface area contributed by atoms with Crippen molar-refractivity contribution in [1.82, 2.24) is 19.0 Å². The highest BCUT2D eigenvalue weighted by Gasteiger charge is 2.31. The van der Waals surface area contributed by atoms with Crippen LogP contribution >= 0.6 is 0 Å². The number of piperidine rings is 1. The van der Waals surface area contributed by atoms with E-state index in [1.54, 1.807) is 15.9 Å². The van der Waals surface area contributed by atoms with E-state index in [4.69, 9.17) is 0 Å². The van der Waals surface area contributed by atoms with Crippen molar-refractivity contribution in [3.63, 3.8) is 0 Å². The third-order valence-electron chi connectivity index (χ3n) is 4.90. The molecule has 1 aliphatic rings. The first kappa shape index (κ1) is 19.1. The molecule has 3 rings (SSSR count). The second-order valence-corrected chi connectivity index (χ2v) is 8.98. The molecular weight excluding hydrogens is 348 g/mol. The lowest BCUT2D eigenvalue weighted by Crippen LogP contribution is -2.36. The van der Waals surface area contributed by atoms with Gasteiger partial charge in [0.05, 0.1) is 18.1 Å². The van der Waals surface area contributed by atoms with Gasteiger partial charge in [0.2, 0.25) is 10.0 Å². The van der Waals surface area contributed by atoms with Crippen molar-refractivity contribution in [3.8, 4) is 0 Å². The maximum absolute atomic E-state index is 13.1. The molecule has 1 aromatic heterocycles. The van der Waals surface area contributed by atoms with Crippen LogP contribution in [0.25, 0.3) is 0 Å². The summed E-state index contributed by atoms with van der Waals surface area (Å²) in [5.41, 5.74) is 2.52. The zero-order valence-electron chi connectivity index (χ0n) is 15.9. The van der Waals surface area contributed by atoms with Gasteiger partial charge in [0.25, 0.3) is 0 Å². The van der Waals surface area contributed by atoms with Crippen LogP contribution in [0, 0.1) is 13.8 Å². The van der Waals surface area contributed by atoms with E-state index in [2.05, 4.69) is 22.1 Å². The first-order valence-corrected chi connectivity index (χ1v) is 10.6. The van der Waals surface area contributed by atoms with E-state index in [1.807, 2.05) is 32.2 Å². The van der Waals surface area contributed by atoms with Crippen molar-refractivity contribution < 1.29 is 8.42 Å². The minimum atomic E-state index is -3.47. The summed E-state index contributed by atoms with van der Waals surface area (Å²) < 4.78 is 29.6. The summed E-state index contributed by atoms with van der Waals surface area (Å²) in [7, 11) is -1.45. The Bertz CT molecular complexity index is 840. The van der Waals surface area contributed by atoms with Gasteiger partial charge >= 0.3 is 0 Å². The molecule has 1 aromatic carbocycles. The Morgan fingerprint density at radius 1 is 1.08 bits per heavy atom. The lowest BCUT2D eigenvalue weighted by atomic mass is 10.2. The fourth-order valence-corrected chi connectivity index (χ4v) is 5.49. The Hall–Kier alpha value is -1.70. The standard InChI is InChI=1S/C19H28N4O2S/c1-16-19(26(24,25)22-12-8-5-9-13-22)17(2)23(20-16)15-21(3)14-18-10-6-4-7-11-18/h4,6-7,10-11H,5,8-9,12-15H2,1-3H3. The Morgan fingerprint density at radius 2 is 1.73 bits per heavy atom. The van der Waals surface area contributed by atoms with Crippen LogP contribution in [0.15, 0.2) is 35.2 Å². The number of aryl methyl sites for hydroxylation is 1. The molecule has 0 spiro atoms. The van der Waals surface area contributed by atoms with Crippen LogP contribution in [0.5, 0.6) is 0 Å². The molecule has 2 heterocycles. The molecule has 1 saturated heterocycles. The Labute approximate surface area is 156 Å². The molecule has 0 saturated carbocycles. The minimum Gasteiger partial charge on any atom is -0.283 e. The zero-order valence-corrected chi connectivity index (χ0v) is 16.7. The van der Waals surface area contributed by atoms with Gasteiger partial charge in [0.15, 0.2) is 0 Å². The van der Waals surface area contributed by atoms with Gasteiger partial charge in [0.1, 0.15) is 4.90 Å². The average Bonchev–Trinajstić information content (AvgIpc) is 2.90. The molecule has 0 N–H and O–H groups in total. The van der Waals surface area contributed by atoms with Gasteiger partial charge in [-0.05, 0) is 39.3 Å². The van der Waals surface area contributed by atoms with E-state index >= 15 is 0 Å². The third kappa shape index (κ3) is 4.00. The van der Waals surface area contributed by atoms with Gasteiger partial charge in [-0.1, -0.05) is 36.8 Å². The van der Waals surface area contributed by atoms with Crippen LogP contribution < -0.4 is 0 Å². The van der Waals surface area contributed by atoms with Crippen LogP contribution in [-0.2, 0) is 23.2 Å². The molecule has 0 unspecified atom stereocenters. The molecule has 1 fully saturated rings. The van der Waals surface area contributed by atoms with E-state index in [0.717, 1.165) is 25.8 Å². The van der Waals surface area contributed by atoms with E-state index in [1.165, 1.54) is 5.56 Å². The van der Waals surface area contributed by atoms with E-state index in [9.17, 15) is 8.42 Å². The molecule has 6 nitrogen and oxygen atoms in total. The Balaban J connectivity index is 1.79. The summed E-state index contributed by atoms with van der Waals surface area (Å²) in [6.07, 6.45) is 2.98. The van der Waals surface area contributed by atoms with Crippen molar-refractivity contribution >= 4 is 10.0 Å². The number of aromatic nitrogens is 2. The smallest absolute Gasteiger partial charge is 0.246 e. The molecular formula is C19H28N4O2S. The molecule has 2 aromatic rings. The van der Waals surface area contributed by atoms with E-state index in [-0.39, 0.29) is 0 Å². The van der Waals surface area contributed by atoms with E-state index in [0.29, 0.717) is 36.0 Å². The number of nitrogens with zero attached hydrogens (tertiary/aromatic N) is 4. The predicted molar refractivity (Wildman–Crippen MR) is 102 cm³/mol. The minimum absolute atomic E-state index is 0.382. The zero-order chi connectivity index (χ0) is 18.7. The van der Waals surface area contributed by atoms with Crippen LogP contribution in [0.2, 0.25) is 0 Å². The number of benzene rings is 1. The number of sulfonamides is 1. The second-order valence-electron chi connectivity index (χ2n) is 7.11. The third-order valence-corrected chi connectivity index (χ3v) is 7.05. The van der Waals surface area contributed by atoms with Crippen LogP contribution in [0.4, 0.5) is 0 Å². The van der Waals surface area contributed by atoms with Crippen molar-refractivity contribution in [2.45, 2.75) is 51.2 Å². The number of hydrogen-bond acceptors (Lipinski definition) is 4. The molecule has 0 amide bonds. The van der Waals surface area contributed by atoms with Crippen molar-refractivity contribution in [2.24, 2.45) is 0 Å². The second kappa shape index (κ2) is 7.90. The summed E-state index contributed by atoms with van der Waals surface area (Å²) >= 11 is 0. The largest absolute Gasteiger partial charge is 0.283 e. The molecule has 26 heavy (non-hydrogen) atoms. The number of rotatable bonds is 6. The van der Waals surface area contributed by atoms with Gasteiger partial charge in [-0.2, -0.15) is 9.40 Å². The number of hydrogen-bond donors (Lipinski definition) is 0. The maximum Gasteiger partial charge on any atom is 0.246 e. The van der Waals surface area contributed by atoms with Crippen LogP contribution in [0.3, 0.4) is 0 Å². The van der Waals surface area contributed by atoms with Crippen molar-refractivity contribution in [2.75, 3.05) is 20.1 Å². The summed E-state index contributed by atoms with van der Waals surface area (Å²) in [6.45, 7) is 6.20. The maximum atomic E-state index is 13.1. The topological polar surface area (TPSA) is 58.4 Å². The van der Waals surface area contributed by atoms with Gasteiger partial charge in [-0.3, -0.25) is 9.58 Å². The summed E-state index contributed by atoms with van der Waals surface area (Å²) in [6, 6.07) is 10.2. The highest BCUT2D eigenvalue weighted by molar-refractivity contribution is 7.89. The lowest BCUT2D eigenvalue weighted by molar-refractivity contribution is 0.243. The van der Waals surface area contributed by atoms with E-state index < -0.39 is 10.0 Å². The van der Waals surface area contributed by atoms with Crippen LogP contribution in [0.1, 0.15) is 36.2 Å². The monoisotopic (exact) mass is 376 g/mol.